The minimum atomic E-state index is 0.395. The second-order valence-electron chi connectivity index (χ2n) is 4.43. The standard InChI is InChI=1S/C14H16N4O/c1-3-11-10(2)17-14(13(9-16)12(11)8-15)18-4-6-19-7-5-18/h3-7H2,1-2H3. The van der Waals surface area contributed by atoms with Crippen molar-refractivity contribution in [2.24, 2.45) is 0 Å². The molecule has 0 aromatic carbocycles. The lowest BCUT2D eigenvalue weighted by Crippen LogP contribution is -2.37. The molecule has 1 fully saturated rings. The molecule has 2 rings (SSSR count). The molecule has 5 nitrogen and oxygen atoms in total. The first-order valence-electron chi connectivity index (χ1n) is 6.39. The zero-order valence-electron chi connectivity index (χ0n) is 11.2. The van der Waals surface area contributed by atoms with Crippen molar-refractivity contribution in [2.45, 2.75) is 20.3 Å². The number of anilines is 1. The Bertz CT molecular complexity index is 562. The molecule has 5 heteroatoms. The Morgan fingerprint density at radius 3 is 2.37 bits per heavy atom. The number of pyridine rings is 1. The van der Waals surface area contributed by atoms with Crippen LogP contribution in [0.3, 0.4) is 0 Å². The molecule has 1 aliphatic rings. The van der Waals surface area contributed by atoms with Gasteiger partial charge in [-0.15, -0.1) is 0 Å². The number of nitrogens with zero attached hydrogens (tertiary/aromatic N) is 4. The lowest BCUT2D eigenvalue weighted by molar-refractivity contribution is 0.122. The number of aromatic nitrogens is 1. The Morgan fingerprint density at radius 1 is 1.21 bits per heavy atom. The van der Waals surface area contributed by atoms with Crippen LogP contribution in [0, 0.1) is 29.6 Å². The predicted octanol–water partition coefficient (Wildman–Crippen LogP) is 1.53. The van der Waals surface area contributed by atoms with Crippen molar-refractivity contribution in [3.05, 3.63) is 22.4 Å². The van der Waals surface area contributed by atoms with Crippen LogP contribution in [0.25, 0.3) is 0 Å². The molecule has 1 aromatic heterocycles. The summed E-state index contributed by atoms with van der Waals surface area (Å²) in [5.41, 5.74) is 2.57. The van der Waals surface area contributed by atoms with E-state index in [0.29, 0.717) is 49.7 Å². The third kappa shape index (κ3) is 2.38. The first-order chi connectivity index (χ1) is 9.22. The third-order valence-electron chi connectivity index (χ3n) is 3.37. The average molecular weight is 256 g/mol. The van der Waals surface area contributed by atoms with Gasteiger partial charge in [0.2, 0.25) is 0 Å². The molecule has 98 valence electrons. The summed E-state index contributed by atoms with van der Waals surface area (Å²) >= 11 is 0. The Hall–Kier alpha value is -2.11. The van der Waals surface area contributed by atoms with Crippen molar-refractivity contribution >= 4 is 5.82 Å². The molecular formula is C14H16N4O. The van der Waals surface area contributed by atoms with Gasteiger partial charge in [0.05, 0.1) is 18.8 Å². The van der Waals surface area contributed by atoms with Gasteiger partial charge in [-0.1, -0.05) is 6.92 Å². The van der Waals surface area contributed by atoms with Gasteiger partial charge in [-0.3, -0.25) is 0 Å². The number of ether oxygens (including phenoxy) is 1. The minimum absolute atomic E-state index is 0.395. The normalized spacial score (nSPS) is 14.8. The monoisotopic (exact) mass is 256 g/mol. The van der Waals surface area contributed by atoms with Crippen LogP contribution in [0.5, 0.6) is 0 Å². The number of hydrogen-bond acceptors (Lipinski definition) is 5. The maximum absolute atomic E-state index is 9.37. The minimum Gasteiger partial charge on any atom is -0.378 e. The summed E-state index contributed by atoms with van der Waals surface area (Å²) in [6.45, 7) is 6.53. The molecule has 1 saturated heterocycles. The van der Waals surface area contributed by atoms with Gasteiger partial charge < -0.3 is 9.64 Å². The third-order valence-corrected chi connectivity index (χ3v) is 3.37. The van der Waals surface area contributed by atoms with Crippen LogP contribution < -0.4 is 4.90 Å². The molecule has 0 bridgehead atoms. The Kier molecular flexibility index (Phi) is 3.99. The number of morpholine rings is 1. The summed E-state index contributed by atoms with van der Waals surface area (Å²) in [6, 6.07) is 4.31. The lowest BCUT2D eigenvalue weighted by Gasteiger charge is -2.29. The van der Waals surface area contributed by atoms with Crippen molar-refractivity contribution in [1.82, 2.24) is 4.98 Å². The van der Waals surface area contributed by atoms with Gasteiger partial charge in [-0.05, 0) is 18.9 Å². The molecule has 0 N–H and O–H groups in total. The van der Waals surface area contributed by atoms with E-state index in [0.717, 1.165) is 11.3 Å². The van der Waals surface area contributed by atoms with Crippen LogP contribution in [0.4, 0.5) is 5.82 Å². The van der Waals surface area contributed by atoms with Gasteiger partial charge >= 0.3 is 0 Å². The maximum Gasteiger partial charge on any atom is 0.148 e. The predicted molar refractivity (Wildman–Crippen MR) is 70.8 cm³/mol. The van der Waals surface area contributed by atoms with E-state index in [1.807, 2.05) is 18.7 Å². The van der Waals surface area contributed by atoms with Gasteiger partial charge in [0.25, 0.3) is 0 Å². The van der Waals surface area contributed by atoms with E-state index >= 15 is 0 Å². The van der Waals surface area contributed by atoms with Crippen LogP contribution in [0.15, 0.2) is 0 Å². The van der Waals surface area contributed by atoms with Gasteiger partial charge in [-0.2, -0.15) is 10.5 Å². The van der Waals surface area contributed by atoms with E-state index < -0.39 is 0 Å². The first kappa shape index (κ1) is 13.3. The fourth-order valence-corrected chi connectivity index (χ4v) is 2.39. The Morgan fingerprint density at radius 2 is 1.84 bits per heavy atom. The lowest BCUT2D eigenvalue weighted by atomic mass is 9.99. The maximum atomic E-state index is 9.37. The zero-order valence-corrected chi connectivity index (χ0v) is 11.2. The topological polar surface area (TPSA) is 72.9 Å². The molecule has 19 heavy (non-hydrogen) atoms. The fraction of sp³-hybridized carbons (Fsp3) is 0.500. The molecule has 0 radical (unpaired) electrons. The van der Waals surface area contributed by atoms with Gasteiger partial charge in [0.15, 0.2) is 0 Å². The van der Waals surface area contributed by atoms with E-state index in [-0.39, 0.29) is 0 Å². The van der Waals surface area contributed by atoms with Crippen molar-refractivity contribution in [2.75, 3.05) is 31.2 Å². The summed E-state index contributed by atoms with van der Waals surface area (Å²) in [5, 5.41) is 18.7. The van der Waals surface area contributed by atoms with Gasteiger partial charge in [0.1, 0.15) is 23.5 Å². The zero-order chi connectivity index (χ0) is 13.8. The number of rotatable bonds is 2. The molecule has 0 atom stereocenters. The van der Waals surface area contributed by atoms with E-state index in [4.69, 9.17) is 4.74 Å². The number of nitriles is 2. The van der Waals surface area contributed by atoms with Gasteiger partial charge in [0, 0.05) is 18.8 Å². The highest BCUT2D eigenvalue weighted by Gasteiger charge is 2.22. The van der Waals surface area contributed by atoms with Gasteiger partial charge in [-0.25, -0.2) is 4.98 Å². The highest BCUT2D eigenvalue weighted by Crippen LogP contribution is 2.26. The highest BCUT2D eigenvalue weighted by molar-refractivity contribution is 5.64. The van der Waals surface area contributed by atoms with Crippen molar-refractivity contribution in [3.63, 3.8) is 0 Å². The molecule has 2 heterocycles. The number of hydrogen-bond donors (Lipinski definition) is 0. The molecule has 0 aliphatic carbocycles. The molecule has 0 saturated carbocycles. The Labute approximate surface area is 113 Å². The van der Waals surface area contributed by atoms with E-state index in [9.17, 15) is 10.5 Å². The Balaban J connectivity index is 2.58. The molecule has 1 aliphatic heterocycles. The smallest absolute Gasteiger partial charge is 0.148 e. The molecule has 0 spiro atoms. The molecule has 1 aromatic rings. The van der Waals surface area contributed by atoms with E-state index in [1.165, 1.54) is 0 Å². The highest BCUT2D eigenvalue weighted by atomic mass is 16.5. The van der Waals surface area contributed by atoms with E-state index in [2.05, 4.69) is 17.1 Å². The largest absolute Gasteiger partial charge is 0.378 e. The van der Waals surface area contributed by atoms with Crippen LogP contribution >= 0.6 is 0 Å². The van der Waals surface area contributed by atoms with Crippen molar-refractivity contribution in [3.8, 4) is 12.1 Å². The van der Waals surface area contributed by atoms with Crippen molar-refractivity contribution in [1.29, 1.82) is 10.5 Å². The molecule has 0 unspecified atom stereocenters. The first-order valence-corrected chi connectivity index (χ1v) is 6.39. The summed E-state index contributed by atoms with van der Waals surface area (Å²) in [4.78, 5) is 6.57. The summed E-state index contributed by atoms with van der Waals surface area (Å²) in [6.07, 6.45) is 0.708. The van der Waals surface area contributed by atoms with Crippen LogP contribution in [0.1, 0.15) is 29.3 Å². The second kappa shape index (κ2) is 5.69. The fourth-order valence-electron chi connectivity index (χ4n) is 2.39. The SMILES string of the molecule is CCc1c(C)nc(N2CCOCC2)c(C#N)c1C#N. The summed E-state index contributed by atoms with van der Waals surface area (Å²) < 4.78 is 5.31. The summed E-state index contributed by atoms with van der Waals surface area (Å²) in [7, 11) is 0. The van der Waals surface area contributed by atoms with Crippen LogP contribution in [0.2, 0.25) is 0 Å². The number of aryl methyl sites for hydroxylation is 1. The quantitative estimate of drug-likeness (QED) is 0.802. The second-order valence-corrected chi connectivity index (χ2v) is 4.43. The molecule has 0 amide bonds. The van der Waals surface area contributed by atoms with Crippen LogP contribution in [-0.2, 0) is 11.2 Å². The summed E-state index contributed by atoms with van der Waals surface area (Å²) in [5.74, 6) is 0.622. The van der Waals surface area contributed by atoms with E-state index in [1.54, 1.807) is 0 Å². The van der Waals surface area contributed by atoms with Crippen molar-refractivity contribution < 1.29 is 4.74 Å². The average Bonchev–Trinajstić information content (AvgIpc) is 2.46. The van der Waals surface area contributed by atoms with Crippen LogP contribution in [-0.4, -0.2) is 31.3 Å². The molecular weight excluding hydrogens is 240 g/mol.